The number of fused-ring (bicyclic) bond motifs is 2. The molecule has 2 aliphatic heterocycles. The van der Waals surface area contributed by atoms with E-state index in [1.165, 1.54) is 0 Å². The Bertz CT molecular complexity index is 1930. The lowest BCUT2D eigenvalue weighted by molar-refractivity contribution is 0.284. The van der Waals surface area contributed by atoms with E-state index in [0.717, 1.165) is 45.1 Å². The molecule has 0 saturated heterocycles. The molecule has 0 aliphatic carbocycles. The van der Waals surface area contributed by atoms with Gasteiger partial charge in [0.25, 0.3) is 0 Å². The van der Waals surface area contributed by atoms with Crippen LogP contribution in [0, 0.1) is 49.4 Å². The quantitative estimate of drug-likeness (QED) is 0.152. The molecule has 51 heavy (non-hydrogen) atoms. The summed E-state index contributed by atoms with van der Waals surface area (Å²) in [4.78, 5) is 4.23. The Balaban J connectivity index is 1.33. The maximum Gasteiger partial charge on any atom is 0.161 e. The van der Waals surface area contributed by atoms with Crippen molar-refractivity contribution in [2.24, 2.45) is 0 Å². The van der Waals surface area contributed by atoms with E-state index in [9.17, 15) is 0 Å². The summed E-state index contributed by atoms with van der Waals surface area (Å²) in [6.07, 6.45) is 22.0. The van der Waals surface area contributed by atoms with Crippen LogP contribution >= 0.6 is 0 Å². The second-order valence-corrected chi connectivity index (χ2v) is 12.4. The van der Waals surface area contributed by atoms with Gasteiger partial charge in [-0.25, -0.2) is 0 Å². The van der Waals surface area contributed by atoms with Crippen molar-refractivity contribution in [3.63, 3.8) is 0 Å². The van der Waals surface area contributed by atoms with E-state index in [0.29, 0.717) is 49.5 Å². The van der Waals surface area contributed by atoms with Gasteiger partial charge in [0.2, 0.25) is 0 Å². The Morgan fingerprint density at radius 3 is 1.39 bits per heavy atom. The van der Waals surface area contributed by atoms with Gasteiger partial charge in [-0.15, -0.1) is 25.7 Å². The zero-order chi connectivity index (χ0) is 35.8. The highest BCUT2D eigenvalue weighted by Gasteiger charge is 2.30. The molecule has 4 aromatic carbocycles. The maximum absolute atomic E-state index is 6.17. The van der Waals surface area contributed by atoms with E-state index >= 15 is 0 Å². The molecule has 0 N–H and O–H groups in total. The van der Waals surface area contributed by atoms with Crippen molar-refractivity contribution in [1.29, 1.82) is 0 Å². The van der Waals surface area contributed by atoms with Gasteiger partial charge in [-0.05, 0) is 71.8 Å². The summed E-state index contributed by atoms with van der Waals surface area (Å²) in [6, 6.07) is 23.8. The van der Waals surface area contributed by atoms with Crippen molar-refractivity contribution in [2.45, 2.75) is 32.4 Å². The lowest BCUT2D eigenvalue weighted by Crippen LogP contribution is -2.33. The predicted octanol–water partition coefficient (Wildman–Crippen LogP) is 6.77. The summed E-state index contributed by atoms with van der Waals surface area (Å²) in [5.41, 5.74) is 5.30. The van der Waals surface area contributed by atoms with Crippen LogP contribution in [0.4, 0.5) is 11.4 Å². The van der Waals surface area contributed by atoms with Crippen molar-refractivity contribution in [2.75, 3.05) is 49.7 Å². The summed E-state index contributed by atoms with van der Waals surface area (Å²) in [5, 5.41) is 0. The first-order chi connectivity index (χ1) is 24.8. The smallest absolute Gasteiger partial charge is 0.161 e. The van der Waals surface area contributed by atoms with Crippen LogP contribution in [0.15, 0.2) is 72.8 Å². The SMILES string of the molecule is C#CCOc1ccc2c(c1)CN(c1cc(C(C)(C)c3ccc(OCC#C)c(N4COc5ccc(OCC#C)cc5C4)c3)ccc1OCC#C)CO2. The van der Waals surface area contributed by atoms with Crippen LogP contribution in [-0.4, -0.2) is 39.9 Å². The number of benzene rings is 4. The van der Waals surface area contributed by atoms with Crippen LogP contribution in [0.1, 0.15) is 36.1 Å². The van der Waals surface area contributed by atoms with Gasteiger partial charge < -0.3 is 38.2 Å². The van der Waals surface area contributed by atoms with E-state index < -0.39 is 5.41 Å². The fourth-order valence-corrected chi connectivity index (χ4v) is 6.13. The van der Waals surface area contributed by atoms with Crippen LogP contribution in [-0.2, 0) is 18.5 Å². The molecule has 0 atom stereocenters. The van der Waals surface area contributed by atoms with E-state index in [2.05, 4.69) is 71.6 Å². The number of ether oxygens (including phenoxy) is 6. The van der Waals surface area contributed by atoms with Gasteiger partial charge in [0.05, 0.1) is 24.5 Å². The first-order valence-corrected chi connectivity index (χ1v) is 16.4. The minimum atomic E-state index is -0.464. The molecular weight excluding hydrogens is 640 g/mol. The second kappa shape index (κ2) is 15.4. The van der Waals surface area contributed by atoms with Crippen molar-refractivity contribution in [3.05, 3.63) is 95.1 Å². The largest absolute Gasteiger partial charge is 0.481 e. The number of rotatable bonds is 12. The van der Waals surface area contributed by atoms with Gasteiger partial charge in [-0.2, -0.15) is 0 Å². The van der Waals surface area contributed by atoms with Gasteiger partial charge in [-0.1, -0.05) is 49.7 Å². The molecule has 0 amide bonds. The molecule has 256 valence electrons. The van der Waals surface area contributed by atoms with Gasteiger partial charge in [0.15, 0.2) is 13.5 Å². The average molecular weight is 679 g/mol. The molecule has 0 fully saturated rings. The third kappa shape index (κ3) is 7.58. The standard InChI is InChI=1S/C43H38N2O6/c1-7-19-46-35-13-17-39-31(23-35)27-44(29-50-39)37-25-33(11-15-41(37)48-21-9-3)43(5,6)34-12-16-42(49-22-10-4)38(26-34)45-28-32-24-36(47-20-8-2)14-18-40(32)51-30-45/h1-4,11-18,23-26H,19-22,27-30H2,5-6H3. The normalized spacial score (nSPS) is 13.1. The monoisotopic (exact) mass is 678 g/mol. The van der Waals surface area contributed by atoms with E-state index in [1.807, 2.05) is 48.5 Å². The Labute approximate surface area is 300 Å². The molecule has 8 nitrogen and oxygen atoms in total. The van der Waals surface area contributed by atoms with Crippen LogP contribution in [0.5, 0.6) is 34.5 Å². The molecule has 0 radical (unpaired) electrons. The summed E-state index contributed by atoms with van der Waals surface area (Å²) in [5.74, 6) is 14.4. The molecule has 8 heteroatoms. The lowest BCUT2D eigenvalue weighted by atomic mass is 9.77. The number of terminal acetylenes is 4. The van der Waals surface area contributed by atoms with Crippen LogP contribution in [0.3, 0.4) is 0 Å². The fourth-order valence-electron chi connectivity index (χ4n) is 6.13. The van der Waals surface area contributed by atoms with E-state index in [4.69, 9.17) is 54.1 Å². The predicted molar refractivity (Wildman–Crippen MR) is 199 cm³/mol. The third-order valence-electron chi connectivity index (χ3n) is 8.85. The molecule has 0 saturated carbocycles. The zero-order valence-corrected chi connectivity index (χ0v) is 28.7. The Hall–Kier alpha value is -6.48. The molecule has 0 unspecified atom stereocenters. The zero-order valence-electron chi connectivity index (χ0n) is 28.7. The number of hydrogen-bond donors (Lipinski definition) is 0. The number of anilines is 2. The van der Waals surface area contributed by atoms with Crippen LogP contribution in [0.25, 0.3) is 0 Å². The van der Waals surface area contributed by atoms with E-state index in [1.54, 1.807) is 0 Å². The van der Waals surface area contributed by atoms with Gasteiger partial charge >= 0.3 is 0 Å². The lowest BCUT2D eigenvalue weighted by Gasteiger charge is -2.35. The van der Waals surface area contributed by atoms with Gasteiger partial charge in [0, 0.05) is 16.5 Å². The molecule has 0 aromatic heterocycles. The molecule has 0 bridgehead atoms. The molecule has 2 aliphatic rings. The molecular formula is C43H38N2O6. The second-order valence-electron chi connectivity index (χ2n) is 12.4. The molecule has 6 rings (SSSR count). The van der Waals surface area contributed by atoms with Crippen molar-refractivity contribution in [3.8, 4) is 83.9 Å². The summed E-state index contributed by atoms with van der Waals surface area (Å²) in [7, 11) is 0. The Kier molecular flexibility index (Phi) is 10.4. The molecule has 0 spiro atoms. The molecule has 4 aromatic rings. The Morgan fingerprint density at radius 1 is 0.569 bits per heavy atom. The topological polar surface area (TPSA) is 61.9 Å². The highest BCUT2D eigenvalue weighted by molar-refractivity contribution is 5.66. The third-order valence-corrected chi connectivity index (χ3v) is 8.85. The fraction of sp³-hybridized carbons (Fsp3) is 0.256. The Morgan fingerprint density at radius 2 is 0.980 bits per heavy atom. The first kappa shape index (κ1) is 34.4. The number of hydrogen-bond acceptors (Lipinski definition) is 8. The van der Waals surface area contributed by atoms with Crippen molar-refractivity contribution in [1.82, 2.24) is 0 Å². The summed E-state index contributed by atoms with van der Waals surface area (Å²) < 4.78 is 35.8. The van der Waals surface area contributed by atoms with Crippen LogP contribution < -0.4 is 38.2 Å². The van der Waals surface area contributed by atoms with Gasteiger partial charge in [0.1, 0.15) is 60.9 Å². The minimum Gasteiger partial charge on any atom is -0.481 e. The van der Waals surface area contributed by atoms with Gasteiger partial charge in [-0.3, -0.25) is 0 Å². The van der Waals surface area contributed by atoms with Crippen molar-refractivity contribution < 1.29 is 28.4 Å². The summed E-state index contributed by atoms with van der Waals surface area (Å²) in [6.45, 7) is 6.78. The number of nitrogens with zero attached hydrogens (tertiary/aromatic N) is 2. The molecule has 2 heterocycles. The van der Waals surface area contributed by atoms with E-state index in [-0.39, 0.29) is 26.4 Å². The van der Waals surface area contributed by atoms with Crippen LogP contribution in [0.2, 0.25) is 0 Å². The van der Waals surface area contributed by atoms with Crippen molar-refractivity contribution >= 4 is 11.4 Å². The highest BCUT2D eigenvalue weighted by Crippen LogP contribution is 2.43. The maximum atomic E-state index is 6.17. The minimum absolute atomic E-state index is 0.131. The first-order valence-electron chi connectivity index (χ1n) is 16.4. The average Bonchev–Trinajstić information content (AvgIpc) is 3.16. The highest BCUT2D eigenvalue weighted by atomic mass is 16.5. The summed E-state index contributed by atoms with van der Waals surface area (Å²) >= 11 is 0.